The fraction of sp³-hybridized carbons (Fsp3) is 0.824. The summed E-state index contributed by atoms with van der Waals surface area (Å²) in [5.74, 6) is -0.830. The second-order valence-electron chi connectivity index (χ2n) is 5.06. The van der Waals surface area contributed by atoms with Crippen molar-refractivity contribution in [2.45, 2.75) is 71.2 Å². The molecular weight excluding hydrogens is 266 g/mol. The van der Waals surface area contributed by atoms with Gasteiger partial charge >= 0.3 is 0 Å². The number of nitriles is 1. The number of rotatable bonds is 11. The first-order valence-corrected chi connectivity index (χ1v) is 7.72. The Kier molecular flexibility index (Phi) is 16.5. The molecule has 0 rings (SSSR count). The van der Waals surface area contributed by atoms with E-state index in [1.165, 1.54) is 38.5 Å². The zero-order valence-corrected chi connectivity index (χ0v) is 14.5. The molecule has 0 radical (unpaired) electrons. The fourth-order valence-electron chi connectivity index (χ4n) is 1.85. The van der Waals surface area contributed by atoms with Gasteiger partial charge < -0.3 is 14.2 Å². The predicted molar refractivity (Wildman–Crippen MR) is 86.8 cm³/mol. The number of ether oxygens (including phenoxy) is 3. The van der Waals surface area contributed by atoms with Gasteiger partial charge in [0, 0.05) is 33.3 Å². The van der Waals surface area contributed by atoms with E-state index < -0.39 is 5.97 Å². The number of unbranched alkanes of at least 4 members (excludes halogenated alkanes) is 6. The lowest BCUT2D eigenvalue weighted by molar-refractivity contribution is -0.355. The Morgan fingerprint density at radius 2 is 1.33 bits per heavy atom. The van der Waals surface area contributed by atoms with Gasteiger partial charge in [-0.25, -0.2) is 0 Å². The van der Waals surface area contributed by atoms with E-state index >= 15 is 0 Å². The molecular formula is C17H33NO3. The van der Waals surface area contributed by atoms with Crippen LogP contribution in [0.3, 0.4) is 0 Å². The summed E-state index contributed by atoms with van der Waals surface area (Å²) in [7, 11) is 4.86. The number of hydrogen-bond acceptors (Lipinski definition) is 4. The summed E-state index contributed by atoms with van der Waals surface area (Å²) in [6, 6.07) is 1.83. The summed E-state index contributed by atoms with van der Waals surface area (Å²) >= 11 is 0. The van der Waals surface area contributed by atoms with Gasteiger partial charge in [0.05, 0.1) is 6.07 Å². The van der Waals surface area contributed by atoms with Crippen LogP contribution in [0.15, 0.2) is 12.2 Å². The van der Waals surface area contributed by atoms with Crippen LogP contribution in [0.5, 0.6) is 0 Å². The van der Waals surface area contributed by atoms with Crippen LogP contribution in [0, 0.1) is 11.3 Å². The molecule has 0 spiro atoms. The average molecular weight is 299 g/mol. The normalized spacial score (nSPS) is 10.5. The summed E-state index contributed by atoms with van der Waals surface area (Å²) in [4.78, 5) is 0. The van der Waals surface area contributed by atoms with Crippen LogP contribution in [0.25, 0.3) is 0 Å². The molecule has 124 valence electrons. The summed E-state index contributed by atoms with van der Waals surface area (Å²) in [5, 5.41) is 7.79. The van der Waals surface area contributed by atoms with Crippen LogP contribution in [-0.2, 0) is 14.2 Å². The quantitative estimate of drug-likeness (QED) is 0.312. The topological polar surface area (TPSA) is 51.5 Å². The molecule has 0 aliphatic rings. The first-order chi connectivity index (χ1) is 10.0. The van der Waals surface area contributed by atoms with Gasteiger partial charge in [0.15, 0.2) is 0 Å². The lowest BCUT2D eigenvalue weighted by Gasteiger charge is -2.28. The zero-order chi connectivity index (χ0) is 16.6. The summed E-state index contributed by atoms with van der Waals surface area (Å²) in [5.41, 5.74) is 0.560. The van der Waals surface area contributed by atoms with Crippen molar-refractivity contribution in [2.24, 2.45) is 0 Å². The summed E-state index contributed by atoms with van der Waals surface area (Å²) in [6.07, 6.45) is 9.77. The minimum Gasteiger partial charge on any atom is -0.331 e. The highest BCUT2D eigenvalue weighted by Crippen LogP contribution is 2.21. The van der Waals surface area contributed by atoms with E-state index in [4.69, 9.17) is 19.5 Å². The molecule has 0 bridgehead atoms. The second-order valence-corrected chi connectivity index (χ2v) is 5.06. The third kappa shape index (κ3) is 13.8. The number of hydrogen-bond donors (Lipinski definition) is 0. The molecule has 0 saturated carbocycles. The van der Waals surface area contributed by atoms with Crippen molar-refractivity contribution in [3.8, 4) is 6.07 Å². The highest BCUT2D eigenvalue weighted by Gasteiger charge is 2.28. The van der Waals surface area contributed by atoms with E-state index in [-0.39, 0.29) is 0 Å². The van der Waals surface area contributed by atoms with Gasteiger partial charge in [0.25, 0.3) is 5.97 Å². The number of methoxy groups -OCH3 is 3. The fourth-order valence-corrected chi connectivity index (χ4v) is 1.85. The molecule has 0 atom stereocenters. The van der Waals surface area contributed by atoms with E-state index in [0.717, 1.165) is 12.8 Å². The molecule has 0 aromatic heterocycles. The molecule has 4 nitrogen and oxygen atoms in total. The van der Waals surface area contributed by atoms with Crippen molar-refractivity contribution < 1.29 is 14.2 Å². The lowest BCUT2D eigenvalue weighted by atomic mass is 10.1. The minimum atomic E-state index is -0.830. The van der Waals surface area contributed by atoms with Crippen LogP contribution in [0.4, 0.5) is 0 Å². The van der Waals surface area contributed by atoms with E-state index in [1.807, 2.05) is 6.07 Å². The summed E-state index contributed by atoms with van der Waals surface area (Å²) in [6.45, 7) is 7.22. The van der Waals surface area contributed by atoms with Crippen LogP contribution >= 0.6 is 0 Å². The molecule has 0 amide bonds. The third-order valence-electron chi connectivity index (χ3n) is 3.21. The Morgan fingerprint density at radius 1 is 0.952 bits per heavy atom. The van der Waals surface area contributed by atoms with Crippen LogP contribution in [0.1, 0.15) is 65.2 Å². The molecule has 0 aromatic carbocycles. The van der Waals surface area contributed by atoms with Gasteiger partial charge in [-0.05, 0) is 13.3 Å². The SMILES string of the molecule is C=C(C)C#N.CCCCCCCCCC(OC)(OC)OC. The monoisotopic (exact) mass is 299 g/mol. The van der Waals surface area contributed by atoms with E-state index in [2.05, 4.69) is 13.5 Å². The molecule has 0 aliphatic heterocycles. The van der Waals surface area contributed by atoms with Gasteiger partial charge in [0.2, 0.25) is 0 Å². The molecule has 4 heteroatoms. The molecule has 0 heterocycles. The summed E-state index contributed by atoms with van der Waals surface area (Å²) < 4.78 is 15.7. The zero-order valence-electron chi connectivity index (χ0n) is 14.5. The van der Waals surface area contributed by atoms with Crippen molar-refractivity contribution in [3.63, 3.8) is 0 Å². The smallest absolute Gasteiger partial charge is 0.282 e. The Hall–Kier alpha value is -0.890. The first kappa shape index (κ1) is 22.4. The Bertz CT molecular complexity index is 272. The van der Waals surface area contributed by atoms with Crippen LogP contribution < -0.4 is 0 Å². The lowest BCUT2D eigenvalue weighted by Crippen LogP contribution is -2.35. The first-order valence-electron chi connectivity index (χ1n) is 7.72. The average Bonchev–Trinajstić information content (AvgIpc) is 2.51. The molecule has 0 aromatic rings. The number of allylic oxidation sites excluding steroid dienone is 1. The maximum absolute atomic E-state index is 7.79. The Labute approximate surface area is 131 Å². The van der Waals surface area contributed by atoms with Crippen molar-refractivity contribution in [1.82, 2.24) is 0 Å². The molecule has 0 saturated heterocycles. The molecule has 0 unspecified atom stereocenters. The van der Waals surface area contributed by atoms with Gasteiger partial charge in [-0.15, -0.1) is 0 Å². The second kappa shape index (κ2) is 15.5. The van der Waals surface area contributed by atoms with Crippen LogP contribution in [0.2, 0.25) is 0 Å². The van der Waals surface area contributed by atoms with E-state index in [0.29, 0.717) is 5.57 Å². The van der Waals surface area contributed by atoms with Crippen molar-refractivity contribution in [3.05, 3.63) is 12.2 Å². The highest BCUT2D eigenvalue weighted by molar-refractivity contribution is 5.11. The van der Waals surface area contributed by atoms with Crippen LogP contribution in [-0.4, -0.2) is 27.3 Å². The van der Waals surface area contributed by atoms with Gasteiger partial charge in [-0.2, -0.15) is 5.26 Å². The Morgan fingerprint density at radius 3 is 1.67 bits per heavy atom. The van der Waals surface area contributed by atoms with Gasteiger partial charge in [0.1, 0.15) is 0 Å². The van der Waals surface area contributed by atoms with Crippen molar-refractivity contribution in [1.29, 1.82) is 5.26 Å². The van der Waals surface area contributed by atoms with E-state index in [9.17, 15) is 0 Å². The maximum atomic E-state index is 7.79. The third-order valence-corrected chi connectivity index (χ3v) is 3.21. The van der Waals surface area contributed by atoms with Crippen molar-refractivity contribution >= 4 is 0 Å². The van der Waals surface area contributed by atoms with Crippen molar-refractivity contribution in [2.75, 3.05) is 21.3 Å². The minimum absolute atomic E-state index is 0.560. The highest BCUT2D eigenvalue weighted by atomic mass is 16.9. The van der Waals surface area contributed by atoms with E-state index in [1.54, 1.807) is 28.3 Å². The standard InChI is InChI=1S/C13H28O3.C4H5N/c1-5-6-7-8-9-10-11-12-13(14-2,15-3)16-4;1-4(2)3-5/h5-12H2,1-4H3;1H2,2H3. The largest absolute Gasteiger partial charge is 0.331 e. The predicted octanol–water partition coefficient (Wildman–Crippen LogP) is 4.81. The number of nitrogens with zero attached hydrogens (tertiary/aromatic N) is 1. The van der Waals surface area contributed by atoms with Gasteiger partial charge in [-0.3, -0.25) is 0 Å². The molecule has 0 fully saturated rings. The molecule has 0 aliphatic carbocycles. The molecule has 0 N–H and O–H groups in total. The maximum Gasteiger partial charge on any atom is 0.282 e. The molecule has 21 heavy (non-hydrogen) atoms. The van der Waals surface area contributed by atoms with Gasteiger partial charge in [-0.1, -0.05) is 52.0 Å². The Balaban J connectivity index is 0.